The van der Waals surface area contributed by atoms with Crippen LogP contribution in [0, 0.1) is 0 Å². The zero-order valence-corrected chi connectivity index (χ0v) is 12.3. The van der Waals surface area contributed by atoms with Gasteiger partial charge in [0.05, 0.1) is 5.56 Å². The fourth-order valence-corrected chi connectivity index (χ4v) is 2.12. The van der Waals surface area contributed by atoms with Crippen LogP contribution in [0.2, 0.25) is 0 Å². The Bertz CT molecular complexity index is 873. The third kappa shape index (κ3) is 3.13. The van der Waals surface area contributed by atoms with E-state index in [1.807, 2.05) is 6.07 Å². The first-order valence-corrected chi connectivity index (χ1v) is 6.82. The standard InChI is InChI=1S/C16H14N4O3/c1-20-9-17-15(19-20)10-3-2-4-11(7-10)18-16(23)13-6-5-12(21)8-14(13)22/h2-9,21-22H,1H3,(H,18,23). The van der Waals surface area contributed by atoms with E-state index in [1.54, 1.807) is 36.3 Å². The molecule has 7 heteroatoms. The lowest BCUT2D eigenvalue weighted by molar-refractivity contribution is 0.102. The molecule has 0 aliphatic rings. The first-order chi connectivity index (χ1) is 11.0. The van der Waals surface area contributed by atoms with Crippen molar-refractivity contribution in [2.75, 3.05) is 5.32 Å². The lowest BCUT2D eigenvalue weighted by Gasteiger charge is -2.08. The molecule has 3 N–H and O–H groups in total. The predicted molar refractivity (Wildman–Crippen MR) is 84.2 cm³/mol. The van der Waals surface area contributed by atoms with Gasteiger partial charge in [-0.05, 0) is 24.3 Å². The largest absolute Gasteiger partial charge is 0.508 e. The van der Waals surface area contributed by atoms with Crippen molar-refractivity contribution in [2.24, 2.45) is 7.05 Å². The third-order valence-electron chi connectivity index (χ3n) is 3.20. The van der Waals surface area contributed by atoms with Crippen LogP contribution in [-0.2, 0) is 7.05 Å². The average molecular weight is 310 g/mol. The molecule has 0 saturated carbocycles. The van der Waals surface area contributed by atoms with Crippen molar-refractivity contribution < 1.29 is 15.0 Å². The fourth-order valence-electron chi connectivity index (χ4n) is 2.12. The highest BCUT2D eigenvalue weighted by atomic mass is 16.3. The van der Waals surface area contributed by atoms with Gasteiger partial charge in [-0.15, -0.1) is 0 Å². The Kier molecular flexibility index (Phi) is 3.68. The molecule has 0 aliphatic carbocycles. The molecule has 1 aromatic heterocycles. The van der Waals surface area contributed by atoms with E-state index >= 15 is 0 Å². The number of aromatic nitrogens is 3. The highest BCUT2D eigenvalue weighted by Crippen LogP contribution is 2.24. The van der Waals surface area contributed by atoms with Gasteiger partial charge < -0.3 is 15.5 Å². The molecule has 3 aromatic rings. The van der Waals surface area contributed by atoms with Crippen LogP contribution >= 0.6 is 0 Å². The van der Waals surface area contributed by atoms with Crippen LogP contribution in [0.15, 0.2) is 48.8 Å². The minimum absolute atomic E-state index is 0.0733. The van der Waals surface area contributed by atoms with Gasteiger partial charge in [-0.1, -0.05) is 12.1 Å². The average Bonchev–Trinajstić information content (AvgIpc) is 2.94. The summed E-state index contributed by atoms with van der Waals surface area (Å²) >= 11 is 0. The molecule has 0 atom stereocenters. The van der Waals surface area contributed by atoms with E-state index in [4.69, 9.17) is 0 Å². The molecule has 1 amide bonds. The maximum Gasteiger partial charge on any atom is 0.259 e. The molecule has 1 heterocycles. The monoisotopic (exact) mass is 310 g/mol. The summed E-state index contributed by atoms with van der Waals surface area (Å²) in [6.07, 6.45) is 1.59. The Morgan fingerprint density at radius 3 is 2.70 bits per heavy atom. The summed E-state index contributed by atoms with van der Waals surface area (Å²) in [7, 11) is 1.77. The van der Waals surface area contributed by atoms with Gasteiger partial charge in [0.2, 0.25) is 0 Å². The first-order valence-electron chi connectivity index (χ1n) is 6.82. The molecule has 23 heavy (non-hydrogen) atoms. The number of aromatic hydroxyl groups is 2. The predicted octanol–water partition coefficient (Wildman–Crippen LogP) is 2.15. The van der Waals surface area contributed by atoms with Gasteiger partial charge in [0, 0.05) is 24.4 Å². The van der Waals surface area contributed by atoms with Crippen LogP contribution in [0.1, 0.15) is 10.4 Å². The van der Waals surface area contributed by atoms with Crippen molar-refractivity contribution >= 4 is 11.6 Å². The molecule has 0 aliphatic heterocycles. The molecule has 0 saturated heterocycles. The summed E-state index contributed by atoms with van der Waals surface area (Å²) < 4.78 is 1.59. The van der Waals surface area contributed by atoms with Crippen molar-refractivity contribution in [1.82, 2.24) is 14.8 Å². The Balaban J connectivity index is 1.84. The van der Waals surface area contributed by atoms with Crippen molar-refractivity contribution in [3.63, 3.8) is 0 Å². The number of phenols is 2. The van der Waals surface area contributed by atoms with E-state index in [-0.39, 0.29) is 17.1 Å². The van der Waals surface area contributed by atoms with Crippen LogP contribution in [0.5, 0.6) is 11.5 Å². The van der Waals surface area contributed by atoms with Crippen LogP contribution in [0.25, 0.3) is 11.4 Å². The van der Waals surface area contributed by atoms with E-state index in [0.717, 1.165) is 11.6 Å². The minimum atomic E-state index is -0.478. The number of amides is 1. The minimum Gasteiger partial charge on any atom is -0.508 e. The number of phenolic OH excluding ortho intramolecular Hbond substituents is 2. The molecular formula is C16H14N4O3. The number of benzene rings is 2. The molecule has 0 radical (unpaired) electrons. The Labute approximate surface area is 131 Å². The van der Waals surface area contributed by atoms with Crippen LogP contribution < -0.4 is 5.32 Å². The van der Waals surface area contributed by atoms with Crippen molar-refractivity contribution in [2.45, 2.75) is 0 Å². The second-order valence-corrected chi connectivity index (χ2v) is 4.98. The molecule has 2 aromatic carbocycles. The number of hydrogen-bond donors (Lipinski definition) is 3. The Hall–Kier alpha value is -3.35. The van der Waals surface area contributed by atoms with Gasteiger partial charge in [0.25, 0.3) is 5.91 Å². The fraction of sp³-hybridized carbons (Fsp3) is 0.0625. The quantitative estimate of drug-likeness (QED) is 0.688. The van der Waals surface area contributed by atoms with E-state index < -0.39 is 5.91 Å². The first kappa shape index (κ1) is 14.6. The molecular weight excluding hydrogens is 296 g/mol. The molecule has 3 rings (SSSR count). The van der Waals surface area contributed by atoms with Gasteiger partial charge in [0.15, 0.2) is 5.82 Å². The summed E-state index contributed by atoms with van der Waals surface area (Å²) in [4.78, 5) is 16.4. The second kappa shape index (κ2) is 5.80. The Morgan fingerprint density at radius 1 is 1.17 bits per heavy atom. The van der Waals surface area contributed by atoms with Gasteiger partial charge in [-0.2, -0.15) is 5.10 Å². The van der Waals surface area contributed by atoms with E-state index in [1.165, 1.54) is 12.1 Å². The number of nitrogens with one attached hydrogen (secondary N) is 1. The lowest BCUT2D eigenvalue weighted by Crippen LogP contribution is -2.12. The van der Waals surface area contributed by atoms with Crippen LogP contribution in [0.3, 0.4) is 0 Å². The number of hydrogen-bond acceptors (Lipinski definition) is 5. The topological polar surface area (TPSA) is 100 Å². The van der Waals surface area contributed by atoms with Crippen LogP contribution in [0.4, 0.5) is 5.69 Å². The van der Waals surface area contributed by atoms with Crippen molar-refractivity contribution in [3.8, 4) is 22.9 Å². The summed E-state index contributed by atoms with van der Waals surface area (Å²) in [5.74, 6) is -0.322. The Morgan fingerprint density at radius 2 is 2.00 bits per heavy atom. The van der Waals surface area contributed by atoms with Crippen molar-refractivity contribution in [1.29, 1.82) is 0 Å². The van der Waals surface area contributed by atoms with E-state index in [2.05, 4.69) is 15.4 Å². The van der Waals surface area contributed by atoms with Crippen LogP contribution in [-0.4, -0.2) is 30.9 Å². The number of carbonyl (C=O) groups excluding carboxylic acids is 1. The summed E-state index contributed by atoms with van der Waals surface area (Å²) in [6, 6.07) is 10.9. The van der Waals surface area contributed by atoms with Gasteiger partial charge in [-0.3, -0.25) is 9.48 Å². The van der Waals surface area contributed by atoms with E-state index in [0.29, 0.717) is 11.5 Å². The molecule has 7 nitrogen and oxygen atoms in total. The zero-order valence-electron chi connectivity index (χ0n) is 12.3. The molecule has 0 spiro atoms. The number of aryl methyl sites for hydroxylation is 1. The number of rotatable bonds is 3. The second-order valence-electron chi connectivity index (χ2n) is 4.98. The molecule has 0 bridgehead atoms. The molecule has 0 fully saturated rings. The molecule has 0 unspecified atom stereocenters. The highest BCUT2D eigenvalue weighted by Gasteiger charge is 2.12. The summed E-state index contributed by atoms with van der Waals surface area (Å²) in [6.45, 7) is 0. The summed E-state index contributed by atoms with van der Waals surface area (Å²) in [5, 5.41) is 25.9. The maximum absolute atomic E-state index is 12.2. The SMILES string of the molecule is Cn1cnc(-c2cccc(NC(=O)c3ccc(O)cc3O)c2)n1. The maximum atomic E-state index is 12.2. The van der Waals surface area contributed by atoms with Gasteiger partial charge in [0.1, 0.15) is 17.8 Å². The van der Waals surface area contributed by atoms with Gasteiger partial charge >= 0.3 is 0 Å². The number of nitrogens with zero attached hydrogens (tertiary/aromatic N) is 3. The highest BCUT2D eigenvalue weighted by molar-refractivity contribution is 6.06. The van der Waals surface area contributed by atoms with E-state index in [9.17, 15) is 15.0 Å². The molecule has 116 valence electrons. The number of anilines is 1. The lowest BCUT2D eigenvalue weighted by atomic mass is 10.1. The number of carbonyl (C=O) groups is 1. The smallest absolute Gasteiger partial charge is 0.259 e. The van der Waals surface area contributed by atoms with Gasteiger partial charge in [-0.25, -0.2) is 4.98 Å². The summed E-state index contributed by atoms with van der Waals surface area (Å²) in [5.41, 5.74) is 1.38. The van der Waals surface area contributed by atoms with Crippen molar-refractivity contribution in [3.05, 3.63) is 54.4 Å². The normalized spacial score (nSPS) is 10.5. The zero-order chi connectivity index (χ0) is 16.4. The third-order valence-corrected chi connectivity index (χ3v) is 3.20.